The second kappa shape index (κ2) is 23.2. The molecule has 5 atom stereocenters. The third-order valence-corrected chi connectivity index (χ3v) is 1.78. The van der Waals surface area contributed by atoms with Gasteiger partial charge in [-0.15, -0.1) is 12.4 Å². The molecule has 0 aliphatic rings. The van der Waals surface area contributed by atoms with Crippen molar-refractivity contribution in [1.29, 1.82) is 0 Å². The number of carbonyl (C=O) groups is 2. The van der Waals surface area contributed by atoms with E-state index in [1.165, 1.54) is 6.92 Å². The van der Waals surface area contributed by atoms with Crippen LogP contribution in [0.4, 0.5) is 0 Å². The number of carbonyl (C=O) groups excluding carboxylic acids is 1. The summed E-state index contributed by atoms with van der Waals surface area (Å²) in [6.07, 6.45) is -8.07. The van der Waals surface area contributed by atoms with E-state index in [1.54, 1.807) is 0 Å². The van der Waals surface area contributed by atoms with Crippen LogP contribution >= 0.6 is 12.4 Å². The van der Waals surface area contributed by atoms with Crippen molar-refractivity contribution in [2.45, 2.75) is 37.4 Å². The first-order valence-electron chi connectivity index (χ1n) is 4.88. The van der Waals surface area contributed by atoms with Crippen molar-refractivity contribution in [3.05, 3.63) is 0 Å². The van der Waals surface area contributed by atoms with Crippen molar-refractivity contribution in [2.24, 2.45) is 0 Å². The van der Waals surface area contributed by atoms with Gasteiger partial charge in [-0.1, -0.05) is 0 Å². The molecule has 0 aliphatic heterocycles. The Kier molecular flexibility index (Phi) is 41.5. The molecular formula is C9H24CaClMgNaO9. The van der Waals surface area contributed by atoms with Crippen LogP contribution < -0.4 is 29.6 Å². The number of carboxylic acid groups (broad SMARTS) is 1. The van der Waals surface area contributed by atoms with E-state index in [-0.39, 0.29) is 116 Å². The smallest absolute Gasteiger partial charge is 1.00 e. The van der Waals surface area contributed by atoms with Gasteiger partial charge in [-0.3, -0.25) is 0 Å². The summed E-state index contributed by atoms with van der Waals surface area (Å²) < 4.78 is 0. The van der Waals surface area contributed by atoms with E-state index in [1.807, 2.05) is 0 Å². The summed E-state index contributed by atoms with van der Waals surface area (Å²) in [6.45, 7) is 0.437. The summed E-state index contributed by atoms with van der Waals surface area (Å²) in [6, 6.07) is 0. The first kappa shape index (κ1) is 39.3. The number of halogens is 1. The molecule has 1 unspecified atom stereocenters. The Morgan fingerprint density at radius 3 is 1.64 bits per heavy atom. The molecule has 0 heterocycles. The Balaban J connectivity index is -0.0000000173. The Bertz CT molecular complexity index is 284. The van der Waals surface area contributed by atoms with E-state index in [9.17, 15) is 9.59 Å². The average molecular weight is 399 g/mol. The SMILES string of the molecule is CC(O)C(=O)O.Cl.O=C[C@H](O)[C@@H](O)[C@H](O)[C@H](O)CO.[Ca+2].[H-].[H-].[H-].[H-].[H-].[Mg+2].[Na+]. The van der Waals surface area contributed by atoms with E-state index >= 15 is 0 Å². The number of carboxylic acids is 1. The fourth-order valence-electron chi connectivity index (χ4n) is 0.618. The Morgan fingerprint density at radius 1 is 1.14 bits per heavy atom. The zero-order valence-electron chi connectivity index (χ0n) is 17.4. The normalized spacial score (nSPS) is 15.2. The van der Waals surface area contributed by atoms with Crippen LogP contribution in [0.15, 0.2) is 0 Å². The minimum Gasteiger partial charge on any atom is -1.00 e. The Labute approximate surface area is 209 Å². The van der Waals surface area contributed by atoms with Crippen molar-refractivity contribution in [1.82, 2.24) is 0 Å². The van der Waals surface area contributed by atoms with Gasteiger partial charge in [0.25, 0.3) is 0 Å². The van der Waals surface area contributed by atoms with Gasteiger partial charge in [-0.2, -0.15) is 0 Å². The largest absolute Gasteiger partial charge is 2.00 e. The van der Waals surface area contributed by atoms with E-state index < -0.39 is 43.1 Å². The minimum absolute atomic E-state index is 0. The first-order valence-corrected chi connectivity index (χ1v) is 4.88. The molecule has 22 heavy (non-hydrogen) atoms. The van der Waals surface area contributed by atoms with Gasteiger partial charge < -0.3 is 47.7 Å². The number of rotatable bonds is 6. The number of aldehydes is 1. The number of aliphatic hydroxyl groups excluding tert-OH is 6. The second-order valence-electron chi connectivity index (χ2n) is 3.37. The fraction of sp³-hybridized carbons (Fsp3) is 0.778. The standard InChI is InChI=1S/C6H12O6.C3H6O3.Ca.ClH.Mg.Na.5H/c7-1-3(9)5(11)6(12)4(10)2-8;1-2(4)3(5)6;;;;;;;;;/h1,3-6,8-12H,2H2;2,4H,1H3,(H,5,6);;1H;;;;;;;/q;;+2;;+2;+1;5*-1/t3-,4+,5+,6+;;;;;;;;;;/m0........../s1. The molecule has 126 valence electrons. The van der Waals surface area contributed by atoms with Gasteiger partial charge in [0.15, 0.2) is 6.29 Å². The molecule has 0 saturated heterocycles. The topological polar surface area (TPSA) is 176 Å². The minimum atomic E-state index is -1.79. The molecule has 0 bridgehead atoms. The molecule has 0 rings (SSSR count). The molecule has 0 aliphatic carbocycles. The van der Waals surface area contributed by atoms with Crippen LogP contribution in [0.25, 0.3) is 0 Å². The predicted molar refractivity (Wildman–Crippen MR) is 80.8 cm³/mol. The summed E-state index contributed by atoms with van der Waals surface area (Å²) >= 11 is 0. The van der Waals surface area contributed by atoms with Gasteiger partial charge in [0.05, 0.1) is 6.61 Å². The van der Waals surface area contributed by atoms with Crippen molar-refractivity contribution in [3.63, 3.8) is 0 Å². The van der Waals surface area contributed by atoms with Gasteiger partial charge in [0.1, 0.15) is 30.5 Å². The quantitative estimate of drug-likeness (QED) is 0.169. The zero-order chi connectivity index (χ0) is 14.9. The van der Waals surface area contributed by atoms with Crippen LogP contribution in [0.2, 0.25) is 0 Å². The third-order valence-electron chi connectivity index (χ3n) is 1.78. The number of aliphatic hydroxyl groups is 6. The van der Waals surface area contributed by atoms with E-state index in [4.69, 9.17) is 35.7 Å². The molecule has 0 amide bonds. The Morgan fingerprint density at radius 2 is 1.45 bits per heavy atom. The molecular weight excluding hydrogens is 375 g/mol. The summed E-state index contributed by atoms with van der Waals surface area (Å²) in [5, 5.41) is 59.3. The molecule has 0 spiro atoms. The number of hydrogen-bond donors (Lipinski definition) is 7. The molecule has 0 radical (unpaired) electrons. The summed E-state index contributed by atoms with van der Waals surface area (Å²) in [7, 11) is 0. The van der Waals surface area contributed by atoms with Gasteiger partial charge >= 0.3 is 96.3 Å². The van der Waals surface area contributed by atoms with Crippen molar-refractivity contribution in [2.75, 3.05) is 6.61 Å². The zero-order valence-corrected chi connectivity index (χ0v) is 18.9. The molecule has 0 fully saturated rings. The first-order chi connectivity index (χ1) is 8.18. The molecule has 0 aromatic carbocycles. The van der Waals surface area contributed by atoms with Gasteiger partial charge in [-0.25, -0.2) is 4.79 Å². The molecule has 0 aromatic rings. The van der Waals surface area contributed by atoms with Gasteiger partial charge in [0.2, 0.25) is 0 Å². The van der Waals surface area contributed by atoms with Crippen molar-refractivity contribution in [3.8, 4) is 0 Å². The van der Waals surface area contributed by atoms with Crippen LogP contribution in [0.1, 0.15) is 14.1 Å². The van der Waals surface area contributed by atoms with Gasteiger partial charge in [-0.05, 0) is 6.92 Å². The summed E-state index contributed by atoms with van der Waals surface area (Å²) in [5.74, 6) is -1.19. The van der Waals surface area contributed by atoms with Crippen molar-refractivity contribution < 1.29 is 82.0 Å². The van der Waals surface area contributed by atoms with Crippen LogP contribution in [0.5, 0.6) is 0 Å². The van der Waals surface area contributed by atoms with E-state index in [0.29, 0.717) is 0 Å². The maximum absolute atomic E-state index is 9.90. The number of aliphatic carboxylic acids is 1. The van der Waals surface area contributed by atoms with E-state index in [2.05, 4.69) is 0 Å². The maximum Gasteiger partial charge on any atom is 2.00 e. The van der Waals surface area contributed by atoms with Crippen LogP contribution in [0, 0.1) is 0 Å². The van der Waals surface area contributed by atoms with Crippen LogP contribution in [-0.2, 0) is 9.59 Å². The monoisotopic (exact) mass is 398 g/mol. The molecule has 9 nitrogen and oxygen atoms in total. The molecule has 0 saturated carbocycles. The summed E-state index contributed by atoms with van der Waals surface area (Å²) in [5.41, 5.74) is 0. The van der Waals surface area contributed by atoms with E-state index in [0.717, 1.165) is 0 Å². The maximum atomic E-state index is 9.90. The third kappa shape index (κ3) is 20.3. The second-order valence-corrected chi connectivity index (χ2v) is 3.37. The number of hydrogen-bond acceptors (Lipinski definition) is 8. The summed E-state index contributed by atoms with van der Waals surface area (Å²) in [4.78, 5) is 19.3. The fourth-order valence-corrected chi connectivity index (χ4v) is 0.618. The van der Waals surface area contributed by atoms with Crippen molar-refractivity contribution >= 4 is 85.5 Å². The van der Waals surface area contributed by atoms with Gasteiger partial charge in [0, 0.05) is 0 Å². The van der Waals surface area contributed by atoms with Crippen LogP contribution in [-0.4, -0.2) is 146 Å². The molecule has 0 aromatic heterocycles. The molecule has 7 N–H and O–H groups in total. The average Bonchev–Trinajstić information content (AvgIpc) is 2.35. The molecule has 13 heteroatoms. The van der Waals surface area contributed by atoms with Crippen LogP contribution in [0.3, 0.4) is 0 Å². The Hall–Kier alpha value is 2.22. The predicted octanol–water partition coefficient (Wildman–Crippen LogP) is -6.70.